The highest BCUT2D eigenvalue weighted by molar-refractivity contribution is 6.32. The molecule has 2 N–H and O–H groups in total. The van der Waals surface area contributed by atoms with Crippen molar-refractivity contribution < 1.29 is 9.13 Å². The Morgan fingerprint density at radius 1 is 1.10 bits per heavy atom. The molecule has 0 saturated heterocycles. The van der Waals surface area contributed by atoms with Crippen LogP contribution in [-0.2, 0) is 0 Å². The molecule has 0 saturated carbocycles. The molecule has 2 nitrogen and oxygen atoms in total. The lowest BCUT2D eigenvalue weighted by Crippen LogP contribution is -2.16. The zero-order valence-corrected chi connectivity index (χ0v) is 11.8. The highest BCUT2D eigenvalue weighted by Crippen LogP contribution is 2.25. The molecular weight excluding hydrogens is 277 g/mol. The number of nitrogens with two attached hydrogens (primary N) is 1. The molecule has 0 aliphatic carbocycles. The summed E-state index contributed by atoms with van der Waals surface area (Å²) < 4.78 is 19.3. The number of ether oxygens (including phenoxy) is 1. The Labute approximate surface area is 123 Å². The van der Waals surface area contributed by atoms with Gasteiger partial charge in [0.1, 0.15) is 11.6 Å². The Bertz CT molecular complexity index is 562. The van der Waals surface area contributed by atoms with E-state index in [-0.39, 0.29) is 11.7 Å². The first kappa shape index (κ1) is 14.8. The molecule has 106 valence electrons. The standard InChI is InChI=1S/C16H17ClFNO/c17-14-6-2-4-8-16(14)20-10-9-12(11-19)13-5-1-3-7-15(13)18/h1-8,12H,9-11,19H2. The number of halogens is 2. The number of rotatable bonds is 6. The lowest BCUT2D eigenvalue weighted by Gasteiger charge is -2.16. The molecular formula is C16H17ClFNO. The predicted molar refractivity (Wildman–Crippen MR) is 79.8 cm³/mol. The maximum atomic E-state index is 13.7. The smallest absolute Gasteiger partial charge is 0.137 e. The van der Waals surface area contributed by atoms with Gasteiger partial charge in [0.2, 0.25) is 0 Å². The van der Waals surface area contributed by atoms with E-state index in [9.17, 15) is 4.39 Å². The van der Waals surface area contributed by atoms with Crippen LogP contribution in [0, 0.1) is 5.82 Å². The van der Waals surface area contributed by atoms with Crippen LogP contribution in [-0.4, -0.2) is 13.2 Å². The molecule has 2 aromatic carbocycles. The van der Waals surface area contributed by atoms with Crippen molar-refractivity contribution in [1.82, 2.24) is 0 Å². The molecule has 0 fully saturated rings. The van der Waals surface area contributed by atoms with Crippen LogP contribution in [0.4, 0.5) is 4.39 Å². The normalized spacial score (nSPS) is 12.2. The molecule has 2 aromatic rings. The highest BCUT2D eigenvalue weighted by Gasteiger charge is 2.14. The first-order chi connectivity index (χ1) is 9.72. The summed E-state index contributed by atoms with van der Waals surface area (Å²) in [6, 6.07) is 14.0. The van der Waals surface area contributed by atoms with Crippen molar-refractivity contribution in [3.8, 4) is 5.75 Å². The minimum absolute atomic E-state index is 0.0568. The second kappa shape index (κ2) is 7.27. The van der Waals surface area contributed by atoms with E-state index >= 15 is 0 Å². The molecule has 0 heterocycles. The van der Waals surface area contributed by atoms with Crippen LogP contribution in [0.1, 0.15) is 17.9 Å². The van der Waals surface area contributed by atoms with Gasteiger partial charge >= 0.3 is 0 Å². The van der Waals surface area contributed by atoms with E-state index in [1.165, 1.54) is 6.07 Å². The van der Waals surface area contributed by atoms with Crippen molar-refractivity contribution in [2.24, 2.45) is 5.73 Å². The predicted octanol–water partition coefficient (Wildman–Crippen LogP) is 3.99. The number of hydrogen-bond acceptors (Lipinski definition) is 2. The van der Waals surface area contributed by atoms with Gasteiger partial charge in [-0.2, -0.15) is 0 Å². The summed E-state index contributed by atoms with van der Waals surface area (Å²) in [4.78, 5) is 0. The molecule has 0 spiro atoms. The van der Waals surface area contributed by atoms with Crippen molar-refractivity contribution >= 4 is 11.6 Å². The molecule has 0 radical (unpaired) electrons. The van der Waals surface area contributed by atoms with E-state index in [4.69, 9.17) is 22.1 Å². The third-order valence-corrected chi connectivity index (χ3v) is 3.50. The summed E-state index contributed by atoms with van der Waals surface area (Å²) in [5, 5.41) is 0.572. The Kier molecular flexibility index (Phi) is 5.39. The number of hydrogen-bond donors (Lipinski definition) is 1. The average molecular weight is 294 g/mol. The fraction of sp³-hybridized carbons (Fsp3) is 0.250. The van der Waals surface area contributed by atoms with E-state index in [0.29, 0.717) is 35.9 Å². The van der Waals surface area contributed by atoms with Gasteiger partial charge in [-0.05, 0) is 36.7 Å². The first-order valence-electron chi connectivity index (χ1n) is 6.54. The van der Waals surface area contributed by atoms with Crippen molar-refractivity contribution in [2.45, 2.75) is 12.3 Å². The van der Waals surface area contributed by atoms with Gasteiger partial charge < -0.3 is 10.5 Å². The second-order valence-corrected chi connectivity index (χ2v) is 4.93. The summed E-state index contributed by atoms with van der Waals surface area (Å²) in [6.07, 6.45) is 0.642. The van der Waals surface area contributed by atoms with Gasteiger partial charge in [-0.15, -0.1) is 0 Å². The molecule has 0 bridgehead atoms. The maximum Gasteiger partial charge on any atom is 0.137 e. The van der Waals surface area contributed by atoms with Crippen LogP contribution >= 0.6 is 11.6 Å². The molecule has 2 rings (SSSR count). The molecule has 20 heavy (non-hydrogen) atoms. The quantitative estimate of drug-likeness (QED) is 0.874. The van der Waals surface area contributed by atoms with Crippen molar-refractivity contribution in [3.63, 3.8) is 0 Å². The average Bonchev–Trinajstić information content (AvgIpc) is 2.46. The van der Waals surface area contributed by atoms with E-state index < -0.39 is 0 Å². The van der Waals surface area contributed by atoms with Gasteiger partial charge in [0.05, 0.1) is 11.6 Å². The lowest BCUT2D eigenvalue weighted by atomic mass is 9.96. The molecule has 4 heteroatoms. The maximum absolute atomic E-state index is 13.7. The van der Waals surface area contributed by atoms with Crippen LogP contribution in [0.5, 0.6) is 5.75 Å². The fourth-order valence-corrected chi connectivity index (χ4v) is 2.27. The number of benzene rings is 2. The molecule has 0 amide bonds. The molecule has 0 aliphatic heterocycles. The van der Waals surface area contributed by atoms with Crippen molar-refractivity contribution in [1.29, 1.82) is 0 Å². The van der Waals surface area contributed by atoms with Gasteiger partial charge in [-0.3, -0.25) is 0 Å². The zero-order valence-electron chi connectivity index (χ0n) is 11.1. The monoisotopic (exact) mass is 293 g/mol. The summed E-state index contributed by atoms with van der Waals surface area (Å²) in [5.74, 6) is 0.359. The first-order valence-corrected chi connectivity index (χ1v) is 6.92. The SMILES string of the molecule is NCC(CCOc1ccccc1Cl)c1ccccc1F. The van der Waals surface area contributed by atoms with Crippen molar-refractivity contribution in [2.75, 3.05) is 13.2 Å². The summed E-state index contributed by atoms with van der Waals surface area (Å²) >= 11 is 6.01. The lowest BCUT2D eigenvalue weighted by molar-refractivity contribution is 0.297. The van der Waals surface area contributed by atoms with E-state index in [1.54, 1.807) is 18.2 Å². The van der Waals surface area contributed by atoms with E-state index in [1.807, 2.05) is 24.3 Å². The minimum Gasteiger partial charge on any atom is -0.492 e. The van der Waals surface area contributed by atoms with Crippen LogP contribution in [0.3, 0.4) is 0 Å². The Balaban J connectivity index is 1.95. The van der Waals surface area contributed by atoms with Crippen LogP contribution in [0.25, 0.3) is 0 Å². The fourth-order valence-electron chi connectivity index (χ4n) is 2.08. The van der Waals surface area contributed by atoms with Gasteiger partial charge in [0, 0.05) is 5.92 Å². The van der Waals surface area contributed by atoms with Crippen LogP contribution in [0.2, 0.25) is 5.02 Å². The molecule has 0 aliphatic rings. The van der Waals surface area contributed by atoms with Gasteiger partial charge in [0.15, 0.2) is 0 Å². The third-order valence-electron chi connectivity index (χ3n) is 3.19. The summed E-state index contributed by atoms with van der Waals surface area (Å²) in [7, 11) is 0. The van der Waals surface area contributed by atoms with E-state index in [0.717, 1.165) is 0 Å². The zero-order chi connectivity index (χ0) is 14.4. The highest BCUT2D eigenvalue weighted by atomic mass is 35.5. The summed E-state index contributed by atoms with van der Waals surface area (Å²) in [6.45, 7) is 0.826. The molecule has 1 unspecified atom stereocenters. The molecule has 1 atom stereocenters. The Morgan fingerprint density at radius 2 is 1.80 bits per heavy atom. The Morgan fingerprint density at radius 3 is 2.50 bits per heavy atom. The van der Waals surface area contributed by atoms with Crippen molar-refractivity contribution in [3.05, 3.63) is 64.9 Å². The van der Waals surface area contributed by atoms with Gasteiger partial charge in [-0.25, -0.2) is 4.39 Å². The second-order valence-electron chi connectivity index (χ2n) is 4.52. The van der Waals surface area contributed by atoms with Gasteiger partial charge in [-0.1, -0.05) is 41.9 Å². The molecule has 0 aromatic heterocycles. The summed E-state index contributed by atoms with van der Waals surface area (Å²) in [5.41, 5.74) is 6.37. The van der Waals surface area contributed by atoms with Gasteiger partial charge in [0.25, 0.3) is 0 Å². The van der Waals surface area contributed by atoms with Crippen LogP contribution in [0.15, 0.2) is 48.5 Å². The van der Waals surface area contributed by atoms with E-state index in [2.05, 4.69) is 0 Å². The minimum atomic E-state index is -0.222. The topological polar surface area (TPSA) is 35.2 Å². The Hall–Kier alpha value is -1.58. The van der Waals surface area contributed by atoms with Crippen LogP contribution < -0.4 is 10.5 Å². The third kappa shape index (κ3) is 3.71. The largest absolute Gasteiger partial charge is 0.492 e. The number of para-hydroxylation sites is 1.